The van der Waals surface area contributed by atoms with E-state index in [1.54, 1.807) is 12.1 Å². The van der Waals surface area contributed by atoms with Crippen molar-refractivity contribution in [1.29, 1.82) is 0 Å². The second-order valence-electron chi connectivity index (χ2n) is 8.17. The van der Waals surface area contributed by atoms with Gasteiger partial charge >= 0.3 is 0 Å². The summed E-state index contributed by atoms with van der Waals surface area (Å²) in [7, 11) is 0. The number of allylic oxidation sites excluding steroid dienone is 2. The summed E-state index contributed by atoms with van der Waals surface area (Å²) in [6, 6.07) is 6.03. The van der Waals surface area contributed by atoms with Crippen molar-refractivity contribution in [2.24, 2.45) is 28.7 Å². The third-order valence-corrected chi connectivity index (χ3v) is 6.17. The number of amides is 2. The Balaban J connectivity index is 1.20. The highest BCUT2D eigenvalue weighted by molar-refractivity contribution is 6.06. The van der Waals surface area contributed by atoms with Crippen LogP contribution in [0.15, 0.2) is 41.4 Å². The van der Waals surface area contributed by atoms with Crippen LogP contribution in [-0.2, 0) is 9.59 Å². The van der Waals surface area contributed by atoms with E-state index < -0.39 is 0 Å². The first kappa shape index (κ1) is 21.3. The average molecular weight is 429 g/mol. The van der Waals surface area contributed by atoms with Crippen LogP contribution < -0.4 is 15.4 Å². The Bertz CT molecular complexity index is 857. The molecule has 2 N–H and O–H groups in total. The fourth-order valence-corrected chi connectivity index (χ4v) is 4.84. The van der Waals surface area contributed by atoms with Crippen molar-refractivity contribution in [3.63, 3.8) is 0 Å². The molecular formula is C23H29FN4O3. The van der Waals surface area contributed by atoms with Crippen LogP contribution in [0.2, 0.25) is 0 Å². The maximum Gasteiger partial charge on any atom is 0.233 e. The monoisotopic (exact) mass is 428 g/mol. The maximum absolute atomic E-state index is 13.2. The topological polar surface area (TPSA) is 83.0 Å². The normalized spacial score (nSPS) is 26.5. The first-order valence-electron chi connectivity index (χ1n) is 11.0. The molecule has 7 nitrogen and oxygen atoms in total. The molecule has 0 radical (unpaired) electrons. The number of halogens is 1. The minimum Gasteiger partial charge on any atom is -0.492 e. The summed E-state index contributed by atoms with van der Waals surface area (Å²) in [5, 5.41) is 6.32. The first-order valence-corrected chi connectivity index (χ1v) is 11.0. The van der Waals surface area contributed by atoms with Gasteiger partial charge in [-0.25, -0.2) is 4.39 Å². The smallest absolute Gasteiger partial charge is 0.233 e. The molecule has 0 aromatic heterocycles. The minimum atomic E-state index is -0.331. The average Bonchev–Trinajstić information content (AvgIpc) is 3.43. The lowest BCUT2D eigenvalue weighted by molar-refractivity contribution is -0.140. The van der Waals surface area contributed by atoms with Crippen molar-refractivity contribution in [3.05, 3.63) is 42.2 Å². The number of nitrogens with zero attached hydrogens (tertiary/aromatic N) is 2. The summed E-state index contributed by atoms with van der Waals surface area (Å²) in [6.45, 7) is 4.46. The van der Waals surface area contributed by atoms with E-state index >= 15 is 0 Å². The lowest BCUT2D eigenvalue weighted by Gasteiger charge is -2.17. The number of likely N-dealkylation sites (tertiary alicyclic amines) is 1. The number of fused-ring (bicyclic) bond motifs is 5. The molecular weight excluding hydrogens is 399 g/mol. The summed E-state index contributed by atoms with van der Waals surface area (Å²) in [4.78, 5) is 31.4. The maximum atomic E-state index is 13.2. The van der Waals surface area contributed by atoms with E-state index in [9.17, 15) is 14.0 Å². The molecule has 1 aliphatic heterocycles. The van der Waals surface area contributed by atoms with Crippen LogP contribution in [0, 0.1) is 29.5 Å². The summed E-state index contributed by atoms with van der Waals surface area (Å²) < 4.78 is 18.7. The van der Waals surface area contributed by atoms with Crippen LogP contribution in [0.25, 0.3) is 0 Å². The number of ether oxygens (including phenoxy) is 1. The lowest BCUT2D eigenvalue weighted by Crippen LogP contribution is -2.39. The van der Waals surface area contributed by atoms with Gasteiger partial charge in [0.05, 0.1) is 18.4 Å². The van der Waals surface area contributed by atoms with Crippen LogP contribution >= 0.6 is 0 Å². The highest BCUT2D eigenvalue weighted by Gasteiger charge is 2.58. The summed E-state index contributed by atoms with van der Waals surface area (Å²) >= 11 is 0. The van der Waals surface area contributed by atoms with Crippen LogP contribution in [0.1, 0.15) is 19.8 Å². The molecule has 8 heteroatoms. The number of guanidine groups is 1. The van der Waals surface area contributed by atoms with E-state index in [4.69, 9.17) is 4.74 Å². The Labute approximate surface area is 181 Å². The minimum absolute atomic E-state index is 0.00430. The lowest BCUT2D eigenvalue weighted by atomic mass is 9.85. The van der Waals surface area contributed by atoms with Crippen molar-refractivity contribution < 1.29 is 18.7 Å². The number of aliphatic imine (C=N–C) groups is 1. The fraction of sp³-hybridized carbons (Fsp3) is 0.522. The van der Waals surface area contributed by atoms with Crippen molar-refractivity contribution in [2.75, 3.05) is 32.8 Å². The number of hydrogen-bond acceptors (Lipinski definition) is 4. The van der Waals surface area contributed by atoms with Crippen molar-refractivity contribution in [2.45, 2.75) is 19.8 Å². The van der Waals surface area contributed by atoms with Crippen LogP contribution in [0.3, 0.4) is 0 Å². The summed E-state index contributed by atoms with van der Waals surface area (Å²) in [5.74, 6) is 1.00. The van der Waals surface area contributed by atoms with Crippen LogP contribution in [0.5, 0.6) is 5.75 Å². The molecule has 2 aliphatic carbocycles. The summed E-state index contributed by atoms with van der Waals surface area (Å²) in [5.41, 5.74) is 0. The van der Waals surface area contributed by atoms with Gasteiger partial charge in [-0.3, -0.25) is 19.5 Å². The number of imide groups is 1. The Hall–Kier alpha value is -2.90. The zero-order valence-electron chi connectivity index (χ0n) is 17.7. The highest BCUT2D eigenvalue weighted by atomic mass is 19.1. The number of hydrogen-bond donors (Lipinski definition) is 2. The molecule has 2 amide bonds. The zero-order chi connectivity index (χ0) is 21.8. The third-order valence-electron chi connectivity index (χ3n) is 6.17. The number of rotatable bonds is 9. The summed E-state index contributed by atoms with van der Waals surface area (Å²) in [6.07, 6.45) is 5.79. The molecule has 1 aromatic carbocycles. The third kappa shape index (κ3) is 4.57. The van der Waals surface area contributed by atoms with Gasteiger partial charge in [0.2, 0.25) is 11.8 Å². The van der Waals surface area contributed by atoms with Crippen LogP contribution in [0.4, 0.5) is 4.39 Å². The van der Waals surface area contributed by atoms with Gasteiger partial charge in [0.25, 0.3) is 0 Å². The number of nitrogens with one attached hydrogen (secondary N) is 2. The van der Waals surface area contributed by atoms with Gasteiger partial charge in [-0.05, 0) is 43.7 Å². The predicted octanol–water partition coefficient (Wildman–Crippen LogP) is 1.96. The molecule has 31 heavy (non-hydrogen) atoms. The van der Waals surface area contributed by atoms with Crippen molar-refractivity contribution in [1.82, 2.24) is 15.5 Å². The molecule has 1 saturated carbocycles. The number of carbonyl (C=O) groups is 2. The molecule has 1 heterocycles. The quantitative estimate of drug-likeness (QED) is 0.207. The second kappa shape index (κ2) is 9.49. The Kier molecular flexibility index (Phi) is 6.53. The van der Waals surface area contributed by atoms with Gasteiger partial charge in [-0.1, -0.05) is 18.2 Å². The van der Waals surface area contributed by atoms with Gasteiger partial charge in [-0.15, -0.1) is 0 Å². The van der Waals surface area contributed by atoms with Gasteiger partial charge in [0.1, 0.15) is 18.2 Å². The van der Waals surface area contributed by atoms with Gasteiger partial charge in [-0.2, -0.15) is 0 Å². The van der Waals surface area contributed by atoms with E-state index in [2.05, 4.69) is 27.8 Å². The Morgan fingerprint density at radius 1 is 1.19 bits per heavy atom. The molecule has 0 spiro atoms. The van der Waals surface area contributed by atoms with E-state index in [0.717, 1.165) is 6.42 Å². The molecule has 4 rings (SSSR count). The second-order valence-corrected chi connectivity index (χ2v) is 8.17. The predicted molar refractivity (Wildman–Crippen MR) is 115 cm³/mol. The Morgan fingerprint density at radius 3 is 2.61 bits per heavy atom. The highest BCUT2D eigenvalue weighted by Crippen LogP contribution is 2.52. The molecule has 4 atom stereocenters. The SMILES string of the molecule is CCNC(=NCCCN1C(=O)C2C3C=CC(C3)C2C1=O)NCCOc1cccc(F)c1. The van der Waals surface area contributed by atoms with Gasteiger partial charge < -0.3 is 15.4 Å². The Morgan fingerprint density at radius 2 is 1.94 bits per heavy atom. The fourth-order valence-electron chi connectivity index (χ4n) is 4.84. The van der Waals surface area contributed by atoms with Crippen molar-refractivity contribution in [3.8, 4) is 5.75 Å². The molecule has 1 saturated heterocycles. The van der Waals surface area contributed by atoms with Gasteiger partial charge in [0, 0.05) is 25.7 Å². The van der Waals surface area contributed by atoms with E-state index in [-0.39, 0.29) is 41.3 Å². The number of benzene rings is 1. The standard InChI is InChI=1S/C23H29FN4O3/c1-2-25-23(27-10-12-31-18-6-3-5-17(24)14-18)26-9-4-11-28-21(29)19-15-7-8-16(13-15)20(19)22(28)30/h3,5-8,14-16,19-20H,2,4,9-13H2,1H3,(H2,25,26,27). The largest absolute Gasteiger partial charge is 0.492 e. The molecule has 2 fully saturated rings. The molecule has 2 bridgehead atoms. The molecule has 166 valence electrons. The van der Waals surface area contributed by atoms with E-state index in [0.29, 0.717) is 50.9 Å². The zero-order valence-corrected chi connectivity index (χ0v) is 17.7. The van der Waals surface area contributed by atoms with E-state index in [1.807, 2.05) is 6.92 Å². The number of carbonyl (C=O) groups excluding carboxylic acids is 2. The molecule has 1 aromatic rings. The van der Waals surface area contributed by atoms with Gasteiger partial charge in [0.15, 0.2) is 5.96 Å². The first-order chi connectivity index (χ1) is 15.1. The molecule has 3 aliphatic rings. The van der Waals surface area contributed by atoms with Crippen molar-refractivity contribution >= 4 is 17.8 Å². The van der Waals surface area contributed by atoms with Crippen LogP contribution in [-0.4, -0.2) is 55.5 Å². The van der Waals surface area contributed by atoms with E-state index in [1.165, 1.54) is 17.0 Å². The molecule has 4 unspecified atom stereocenters.